The number of hydrogen-bond donors (Lipinski definition) is 4. The van der Waals surface area contributed by atoms with Crippen LogP contribution in [0.15, 0.2) is 0 Å². The van der Waals surface area contributed by atoms with Crippen LogP contribution in [-0.4, -0.2) is 69.7 Å². The van der Waals surface area contributed by atoms with E-state index in [4.69, 9.17) is 39.8 Å². The molecule has 134 valence electrons. The van der Waals surface area contributed by atoms with Crippen molar-refractivity contribution in [2.75, 3.05) is 19.7 Å². The lowest BCUT2D eigenvalue weighted by Gasteiger charge is -2.42. The molecule has 0 radical (unpaired) electrons. The zero-order chi connectivity index (χ0) is 17.1. The zero-order valence-corrected chi connectivity index (χ0v) is 14.7. The summed E-state index contributed by atoms with van der Waals surface area (Å²) in [6.45, 7) is 0.815. The maximum Gasteiger partial charge on any atom is 0.241 e. The predicted octanol–water partition coefficient (Wildman–Crippen LogP) is -0.142. The maximum absolute atomic E-state index is 12.0. The topological polar surface area (TPSA) is 113 Å². The number of hydrogen-bond acceptors (Lipinski definition) is 5. The second kappa shape index (κ2) is 8.32. The number of alkyl halides is 2. The number of carbonyl (C=O) groups is 1. The minimum atomic E-state index is -0.849. The second-order valence-corrected chi connectivity index (χ2v) is 7.88. The Morgan fingerprint density at radius 3 is 2.30 bits per heavy atom. The number of nitrogens with two attached hydrogens (primary N) is 2. The van der Waals surface area contributed by atoms with Gasteiger partial charge < -0.3 is 26.6 Å². The molecule has 1 heterocycles. The molecule has 2 rings (SSSR count). The molecule has 0 spiro atoms. The third-order valence-corrected chi connectivity index (χ3v) is 6.35. The van der Waals surface area contributed by atoms with Gasteiger partial charge in [0, 0.05) is 25.0 Å². The van der Waals surface area contributed by atoms with E-state index in [9.17, 15) is 9.90 Å². The molecule has 6 N–H and O–H groups in total. The lowest BCUT2D eigenvalue weighted by atomic mass is 9.74. The van der Waals surface area contributed by atoms with Gasteiger partial charge in [-0.05, 0) is 31.6 Å². The van der Waals surface area contributed by atoms with Gasteiger partial charge in [-0.15, -0.1) is 23.2 Å². The Balaban J connectivity index is 1.88. The number of carbonyl (C=O) groups excluding carboxylic acids is 1. The van der Waals surface area contributed by atoms with Crippen molar-refractivity contribution < 1.29 is 15.0 Å². The van der Waals surface area contributed by atoms with Crippen LogP contribution in [-0.2, 0) is 4.79 Å². The van der Waals surface area contributed by atoms with E-state index in [1.165, 1.54) is 0 Å². The van der Waals surface area contributed by atoms with Gasteiger partial charge in [-0.3, -0.25) is 4.79 Å². The van der Waals surface area contributed by atoms with E-state index in [0.29, 0.717) is 25.9 Å². The van der Waals surface area contributed by atoms with E-state index in [1.54, 1.807) is 4.90 Å². The van der Waals surface area contributed by atoms with Gasteiger partial charge in [0.05, 0.1) is 23.5 Å². The molecule has 1 saturated heterocycles. The second-order valence-electron chi connectivity index (χ2n) is 6.76. The van der Waals surface area contributed by atoms with E-state index in [1.807, 2.05) is 0 Å². The first-order valence-electron chi connectivity index (χ1n) is 8.22. The summed E-state index contributed by atoms with van der Waals surface area (Å²) in [6.07, 6.45) is 2.10. The maximum atomic E-state index is 12.0. The first-order valence-corrected chi connectivity index (χ1v) is 9.09. The Kier molecular flexibility index (Phi) is 6.95. The van der Waals surface area contributed by atoms with Gasteiger partial charge in [-0.25, -0.2) is 0 Å². The number of aliphatic hydroxyl groups is 2. The smallest absolute Gasteiger partial charge is 0.241 e. The third-order valence-electron chi connectivity index (χ3n) is 5.25. The molecule has 0 aromatic rings. The van der Waals surface area contributed by atoms with Gasteiger partial charge in [0.25, 0.3) is 0 Å². The van der Waals surface area contributed by atoms with Crippen molar-refractivity contribution in [2.45, 2.75) is 54.6 Å². The molecular weight excluding hydrogens is 341 g/mol. The molecule has 2 fully saturated rings. The highest BCUT2D eigenvalue weighted by Crippen LogP contribution is 2.36. The van der Waals surface area contributed by atoms with Crippen LogP contribution in [0.25, 0.3) is 0 Å². The molecule has 6 atom stereocenters. The van der Waals surface area contributed by atoms with Crippen LogP contribution >= 0.6 is 23.2 Å². The van der Waals surface area contributed by atoms with Crippen LogP contribution in [0.5, 0.6) is 0 Å². The van der Waals surface area contributed by atoms with Crippen LogP contribution in [0, 0.1) is 11.8 Å². The number of rotatable bonds is 4. The fourth-order valence-corrected chi connectivity index (χ4v) is 4.29. The lowest BCUT2D eigenvalue weighted by molar-refractivity contribution is -0.135. The number of halogens is 2. The summed E-state index contributed by atoms with van der Waals surface area (Å²) in [5.74, 6) is -0.0396. The fourth-order valence-electron chi connectivity index (χ4n) is 3.70. The highest BCUT2D eigenvalue weighted by Gasteiger charge is 2.40. The molecule has 1 aliphatic heterocycles. The average molecular weight is 368 g/mol. The molecule has 6 nitrogen and oxygen atoms in total. The minimum Gasteiger partial charge on any atom is -0.394 e. The van der Waals surface area contributed by atoms with Gasteiger partial charge in [0.2, 0.25) is 5.91 Å². The van der Waals surface area contributed by atoms with Gasteiger partial charge in [0.1, 0.15) is 6.04 Å². The Labute approximate surface area is 147 Å². The summed E-state index contributed by atoms with van der Waals surface area (Å²) in [4.78, 5) is 13.7. The highest BCUT2D eigenvalue weighted by atomic mass is 35.5. The minimum absolute atomic E-state index is 0.0561. The van der Waals surface area contributed by atoms with Crippen molar-refractivity contribution >= 4 is 29.1 Å². The van der Waals surface area contributed by atoms with Crippen molar-refractivity contribution in [3.05, 3.63) is 0 Å². The van der Waals surface area contributed by atoms with Gasteiger partial charge in [-0.2, -0.15) is 0 Å². The Morgan fingerprint density at radius 1 is 1.17 bits per heavy atom. The number of amides is 1. The van der Waals surface area contributed by atoms with Crippen molar-refractivity contribution in [1.82, 2.24) is 4.90 Å². The largest absolute Gasteiger partial charge is 0.394 e. The third kappa shape index (κ3) is 4.50. The van der Waals surface area contributed by atoms with Crippen LogP contribution in [0.3, 0.4) is 0 Å². The average Bonchev–Trinajstić information content (AvgIpc) is 2.56. The summed E-state index contributed by atoms with van der Waals surface area (Å²) < 4.78 is 0. The van der Waals surface area contributed by atoms with Crippen LogP contribution < -0.4 is 11.5 Å². The molecule has 2 aliphatic rings. The molecule has 0 bridgehead atoms. The van der Waals surface area contributed by atoms with Crippen molar-refractivity contribution in [1.29, 1.82) is 0 Å². The first-order chi connectivity index (χ1) is 10.8. The van der Waals surface area contributed by atoms with Gasteiger partial charge >= 0.3 is 0 Å². The molecule has 0 aromatic heterocycles. The van der Waals surface area contributed by atoms with Gasteiger partial charge in [0.15, 0.2) is 0 Å². The number of piperidine rings is 1. The normalized spacial score (nSPS) is 35.8. The van der Waals surface area contributed by atoms with Crippen molar-refractivity contribution in [3.8, 4) is 0 Å². The van der Waals surface area contributed by atoms with Crippen molar-refractivity contribution in [2.24, 2.45) is 23.3 Å². The Bertz CT molecular complexity index is 407. The van der Waals surface area contributed by atoms with E-state index in [2.05, 4.69) is 0 Å². The molecular formula is C15H27Cl2N3O3. The first kappa shape index (κ1) is 19.2. The van der Waals surface area contributed by atoms with Crippen LogP contribution in [0.1, 0.15) is 25.7 Å². The summed E-state index contributed by atoms with van der Waals surface area (Å²) in [7, 11) is 0. The molecule has 1 saturated carbocycles. The highest BCUT2D eigenvalue weighted by molar-refractivity contribution is 6.30. The molecule has 8 heteroatoms. The standard InChI is InChI=1S/C15H27Cl2N3O3/c16-10-5-9(13(22)6-11(10)17)14(19)8-1-3-20(4-2-8)15(23)12(18)7-21/h8-14,21-22H,1-7,18-19H2/t9?,10?,11?,12-,13?,14+/m0/s1. The van der Waals surface area contributed by atoms with Gasteiger partial charge in [-0.1, -0.05) is 0 Å². The Morgan fingerprint density at radius 2 is 1.74 bits per heavy atom. The SMILES string of the molecule is N[C@H](C1CCN(C(=O)[C@@H](N)CO)CC1)C1CC(Cl)C(Cl)CC1O. The molecule has 0 aromatic carbocycles. The van der Waals surface area contributed by atoms with E-state index in [0.717, 1.165) is 12.8 Å². The van der Waals surface area contributed by atoms with E-state index in [-0.39, 0.29) is 41.1 Å². The summed E-state index contributed by atoms with van der Waals surface area (Å²) in [6, 6.07) is -1.00. The monoisotopic (exact) mass is 367 g/mol. The summed E-state index contributed by atoms with van der Waals surface area (Å²) in [5.41, 5.74) is 12.0. The van der Waals surface area contributed by atoms with Crippen molar-refractivity contribution in [3.63, 3.8) is 0 Å². The molecule has 23 heavy (non-hydrogen) atoms. The number of likely N-dealkylation sites (tertiary alicyclic amines) is 1. The zero-order valence-electron chi connectivity index (χ0n) is 13.2. The lowest BCUT2D eigenvalue weighted by Crippen LogP contribution is -2.53. The predicted molar refractivity (Wildman–Crippen MR) is 90.4 cm³/mol. The molecule has 1 amide bonds. The summed E-state index contributed by atoms with van der Waals surface area (Å²) >= 11 is 12.3. The van der Waals surface area contributed by atoms with Crippen LogP contribution in [0.4, 0.5) is 0 Å². The molecule has 1 aliphatic carbocycles. The van der Waals surface area contributed by atoms with E-state index >= 15 is 0 Å². The fraction of sp³-hybridized carbons (Fsp3) is 0.933. The summed E-state index contributed by atoms with van der Waals surface area (Å²) in [5, 5.41) is 18.9. The quantitative estimate of drug-likeness (QED) is 0.516. The van der Waals surface area contributed by atoms with Crippen LogP contribution in [0.2, 0.25) is 0 Å². The Hall–Kier alpha value is -0.110. The number of nitrogens with zero attached hydrogens (tertiary/aromatic N) is 1. The van der Waals surface area contributed by atoms with E-state index < -0.39 is 12.1 Å². The number of aliphatic hydroxyl groups excluding tert-OH is 2. The molecule has 4 unspecified atom stereocenters.